The molecule has 2 aromatic rings. The molecule has 108 valence electrons. The molecule has 2 aromatic carbocycles. The molecule has 0 aromatic heterocycles. The van der Waals surface area contributed by atoms with Gasteiger partial charge in [-0.3, -0.25) is 0 Å². The fourth-order valence-electron chi connectivity index (χ4n) is 2.22. The second-order valence-corrected chi connectivity index (χ2v) is 6.82. The summed E-state index contributed by atoms with van der Waals surface area (Å²) in [6.07, 6.45) is -1.07. The molecule has 5 heteroatoms. The predicted molar refractivity (Wildman–Crippen MR) is 79.2 cm³/mol. The zero-order chi connectivity index (χ0) is 15.5. The van der Waals surface area contributed by atoms with Gasteiger partial charge < -0.3 is 5.11 Å². The summed E-state index contributed by atoms with van der Waals surface area (Å²) in [5, 5.41) is 17.7. The Kier molecular flexibility index (Phi) is 4.41. The first-order valence-electron chi connectivity index (χ1n) is 6.44. The number of nitriles is 1. The second-order valence-electron chi connectivity index (χ2n) is 4.75. The van der Waals surface area contributed by atoms with E-state index >= 15 is 0 Å². The highest BCUT2D eigenvalue weighted by Gasteiger charge is 2.32. The highest BCUT2D eigenvalue weighted by atomic mass is 32.2. The molecule has 0 saturated carbocycles. The smallest absolute Gasteiger partial charge is 0.187 e. The van der Waals surface area contributed by atoms with E-state index in [1.807, 2.05) is 6.07 Å². The Morgan fingerprint density at radius 1 is 1.05 bits per heavy atom. The van der Waals surface area contributed by atoms with Gasteiger partial charge in [0.2, 0.25) is 0 Å². The van der Waals surface area contributed by atoms with Gasteiger partial charge in [-0.2, -0.15) is 5.26 Å². The molecule has 0 aliphatic rings. The number of benzene rings is 2. The first-order valence-corrected chi connectivity index (χ1v) is 7.98. The third-order valence-electron chi connectivity index (χ3n) is 3.21. The molecule has 4 nitrogen and oxygen atoms in total. The lowest BCUT2D eigenvalue weighted by Crippen LogP contribution is -2.24. The third kappa shape index (κ3) is 3.13. The van der Waals surface area contributed by atoms with E-state index in [0.717, 1.165) is 0 Å². The summed E-state index contributed by atoms with van der Waals surface area (Å²) in [6, 6.07) is 16.2. The predicted octanol–water partition coefficient (Wildman–Crippen LogP) is 2.45. The Hall–Kier alpha value is -2.16. The van der Waals surface area contributed by atoms with Gasteiger partial charge in [-0.25, -0.2) is 8.42 Å². The maximum absolute atomic E-state index is 12.7. The minimum Gasteiger partial charge on any atom is -0.392 e. The van der Waals surface area contributed by atoms with Gasteiger partial charge in [0.05, 0.1) is 22.6 Å². The number of aliphatic hydroxyl groups is 1. The van der Waals surface area contributed by atoms with Gasteiger partial charge in [-0.1, -0.05) is 30.3 Å². The van der Waals surface area contributed by atoms with Crippen molar-refractivity contribution < 1.29 is 13.5 Å². The van der Waals surface area contributed by atoms with E-state index in [9.17, 15) is 13.5 Å². The van der Waals surface area contributed by atoms with Gasteiger partial charge in [0.25, 0.3) is 0 Å². The molecule has 0 fully saturated rings. The van der Waals surface area contributed by atoms with Crippen LogP contribution in [-0.2, 0) is 9.84 Å². The Morgan fingerprint density at radius 2 is 1.62 bits per heavy atom. The van der Waals surface area contributed by atoms with Crippen molar-refractivity contribution in [3.8, 4) is 6.07 Å². The fourth-order valence-corrected chi connectivity index (χ4v) is 4.08. The summed E-state index contributed by atoms with van der Waals surface area (Å²) in [5.41, 5.74) is 0.910. The zero-order valence-corrected chi connectivity index (χ0v) is 12.3. The van der Waals surface area contributed by atoms with Crippen LogP contribution in [0, 0.1) is 11.3 Å². The zero-order valence-electron chi connectivity index (χ0n) is 11.5. The molecule has 2 rings (SSSR count). The van der Waals surface area contributed by atoms with Crippen molar-refractivity contribution >= 4 is 9.84 Å². The number of hydrogen-bond acceptors (Lipinski definition) is 4. The molecule has 0 radical (unpaired) electrons. The lowest BCUT2D eigenvalue weighted by Gasteiger charge is -2.21. The molecule has 0 bridgehead atoms. The van der Waals surface area contributed by atoms with E-state index in [2.05, 4.69) is 0 Å². The van der Waals surface area contributed by atoms with Crippen LogP contribution in [0.5, 0.6) is 0 Å². The molecule has 0 spiro atoms. The van der Waals surface area contributed by atoms with Crippen LogP contribution in [0.1, 0.15) is 23.3 Å². The number of sulfone groups is 1. The number of rotatable bonds is 4. The van der Waals surface area contributed by atoms with E-state index in [1.54, 1.807) is 42.5 Å². The molecule has 2 atom stereocenters. The molecule has 0 aliphatic heterocycles. The Morgan fingerprint density at radius 3 is 2.10 bits per heavy atom. The highest BCUT2D eigenvalue weighted by molar-refractivity contribution is 7.91. The number of hydrogen-bond donors (Lipinski definition) is 1. The van der Waals surface area contributed by atoms with Crippen molar-refractivity contribution in [2.24, 2.45) is 0 Å². The lowest BCUT2D eigenvalue weighted by molar-refractivity contribution is 0.188. The largest absolute Gasteiger partial charge is 0.392 e. The monoisotopic (exact) mass is 301 g/mol. The van der Waals surface area contributed by atoms with E-state index in [4.69, 9.17) is 5.26 Å². The Bertz CT molecular complexity index is 744. The summed E-state index contributed by atoms with van der Waals surface area (Å²) in [5.74, 6) is 0. The van der Waals surface area contributed by atoms with Crippen LogP contribution < -0.4 is 0 Å². The molecule has 0 saturated heterocycles. The van der Waals surface area contributed by atoms with Crippen LogP contribution in [-0.4, -0.2) is 19.6 Å². The first-order chi connectivity index (χ1) is 9.96. The average Bonchev–Trinajstić information content (AvgIpc) is 2.48. The van der Waals surface area contributed by atoms with Crippen molar-refractivity contribution in [2.45, 2.75) is 23.2 Å². The van der Waals surface area contributed by atoms with Crippen LogP contribution in [0.4, 0.5) is 0 Å². The highest BCUT2D eigenvalue weighted by Crippen LogP contribution is 2.31. The summed E-state index contributed by atoms with van der Waals surface area (Å²) < 4.78 is 25.4. The maximum atomic E-state index is 12.7. The van der Waals surface area contributed by atoms with Gasteiger partial charge in [0, 0.05) is 0 Å². The standard InChI is InChI=1S/C16H15NO3S/c1-12(18)16(14-9-7-13(11-17)8-10-14)21(19,20)15-5-3-2-4-6-15/h2-10,12,16,18H,1H3. The van der Waals surface area contributed by atoms with Crippen LogP contribution in [0.3, 0.4) is 0 Å². The quantitative estimate of drug-likeness (QED) is 0.941. The van der Waals surface area contributed by atoms with Crippen LogP contribution in [0.2, 0.25) is 0 Å². The van der Waals surface area contributed by atoms with Crippen LogP contribution >= 0.6 is 0 Å². The van der Waals surface area contributed by atoms with Crippen molar-refractivity contribution in [1.29, 1.82) is 5.26 Å². The second kappa shape index (κ2) is 6.08. The van der Waals surface area contributed by atoms with Gasteiger partial charge in [-0.05, 0) is 36.8 Å². The minimum absolute atomic E-state index is 0.167. The Labute approximate surface area is 124 Å². The lowest BCUT2D eigenvalue weighted by atomic mass is 10.1. The van der Waals surface area contributed by atoms with Crippen LogP contribution in [0.25, 0.3) is 0 Å². The summed E-state index contributed by atoms with van der Waals surface area (Å²) >= 11 is 0. The molecule has 2 unspecified atom stereocenters. The SMILES string of the molecule is CC(O)C(c1ccc(C#N)cc1)S(=O)(=O)c1ccccc1. The third-order valence-corrected chi connectivity index (χ3v) is 5.48. The van der Waals surface area contributed by atoms with Gasteiger partial charge in [0.15, 0.2) is 9.84 Å². The van der Waals surface area contributed by atoms with E-state index in [1.165, 1.54) is 19.1 Å². The molecule has 0 heterocycles. The van der Waals surface area contributed by atoms with Crippen molar-refractivity contribution in [1.82, 2.24) is 0 Å². The van der Waals surface area contributed by atoms with Gasteiger partial charge >= 0.3 is 0 Å². The van der Waals surface area contributed by atoms with Crippen molar-refractivity contribution in [3.63, 3.8) is 0 Å². The van der Waals surface area contributed by atoms with Gasteiger partial charge in [0.1, 0.15) is 5.25 Å². The van der Waals surface area contributed by atoms with Gasteiger partial charge in [-0.15, -0.1) is 0 Å². The summed E-state index contributed by atoms with van der Waals surface area (Å²) in [6.45, 7) is 1.45. The first kappa shape index (κ1) is 15.2. The fraction of sp³-hybridized carbons (Fsp3) is 0.188. The van der Waals surface area contributed by atoms with Crippen molar-refractivity contribution in [2.75, 3.05) is 0 Å². The average molecular weight is 301 g/mol. The summed E-state index contributed by atoms with van der Waals surface area (Å²) in [4.78, 5) is 0.167. The molecule has 1 N–H and O–H groups in total. The molecule has 21 heavy (non-hydrogen) atoms. The van der Waals surface area contributed by atoms with Crippen LogP contribution in [0.15, 0.2) is 59.5 Å². The molecular weight excluding hydrogens is 286 g/mol. The van der Waals surface area contributed by atoms with E-state index in [0.29, 0.717) is 11.1 Å². The molecular formula is C16H15NO3S. The molecule has 0 aliphatic carbocycles. The minimum atomic E-state index is -3.71. The summed E-state index contributed by atoms with van der Waals surface area (Å²) in [7, 11) is -3.71. The van der Waals surface area contributed by atoms with Crippen molar-refractivity contribution in [3.05, 3.63) is 65.7 Å². The van der Waals surface area contributed by atoms with E-state index in [-0.39, 0.29) is 4.90 Å². The maximum Gasteiger partial charge on any atom is 0.187 e. The number of nitrogens with zero attached hydrogens (tertiary/aromatic N) is 1. The Balaban J connectivity index is 2.51. The molecule has 0 amide bonds. The number of aliphatic hydroxyl groups excluding tert-OH is 1. The van der Waals surface area contributed by atoms with E-state index < -0.39 is 21.2 Å². The normalized spacial score (nSPS) is 14.1. The topological polar surface area (TPSA) is 78.2 Å².